The van der Waals surface area contributed by atoms with E-state index >= 15 is 0 Å². The average molecular weight is 299 g/mol. The van der Waals surface area contributed by atoms with Crippen LogP contribution in [0.4, 0.5) is 10.5 Å². The average Bonchev–Trinajstić information content (AvgIpc) is 2.64. The monoisotopic (exact) mass is 299 g/mol. The maximum atomic E-state index is 12.1. The van der Waals surface area contributed by atoms with E-state index in [-0.39, 0.29) is 6.03 Å². The number of urea groups is 1. The van der Waals surface area contributed by atoms with Crippen molar-refractivity contribution in [3.05, 3.63) is 28.8 Å². The first kappa shape index (κ1) is 14.8. The topological polar surface area (TPSA) is 61.8 Å². The third-order valence-corrected chi connectivity index (χ3v) is 4.59. The van der Waals surface area contributed by atoms with Gasteiger partial charge in [0.05, 0.1) is 11.4 Å². The molecule has 2 amide bonds. The number of aryl methyl sites for hydroxylation is 1. The van der Waals surface area contributed by atoms with Gasteiger partial charge in [0.2, 0.25) is 0 Å². The van der Waals surface area contributed by atoms with Gasteiger partial charge in [0.15, 0.2) is 0 Å². The van der Waals surface area contributed by atoms with E-state index in [0.717, 1.165) is 41.7 Å². The van der Waals surface area contributed by atoms with Gasteiger partial charge in [-0.2, -0.15) is 5.10 Å². The number of amides is 2. The fourth-order valence-electron chi connectivity index (χ4n) is 3.30. The molecule has 0 saturated heterocycles. The number of nitrogens with zero attached hydrogens (tertiary/aromatic N) is 2. The number of fused-ring (bicyclic) bond motifs is 1. The number of benzene rings is 1. The molecule has 1 aliphatic heterocycles. The van der Waals surface area contributed by atoms with Crippen LogP contribution >= 0.6 is 0 Å². The van der Waals surface area contributed by atoms with Crippen molar-refractivity contribution in [3.8, 4) is 0 Å². The molecule has 1 heterocycles. The molecule has 1 aliphatic carbocycles. The standard InChI is InChI=1S/C17H21N3O2/c1-11-8-15-14(9-13(11)10-21)16(12-6-4-3-5-7-12)19-20(2)17(22)18-15/h8-10,12H,3-7H2,1-2H3,(H,18,22). The summed E-state index contributed by atoms with van der Waals surface area (Å²) in [7, 11) is 1.66. The predicted molar refractivity (Wildman–Crippen MR) is 86.5 cm³/mol. The molecule has 1 saturated carbocycles. The molecule has 0 atom stereocenters. The van der Waals surface area contributed by atoms with Gasteiger partial charge in [-0.15, -0.1) is 0 Å². The Kier molecular flexibility index (Phi) is 3.96. The van der Waals surface area contributed by atoms with Gasteiger partial charge in [0, 0.05) is 24.1 Å². The van der Waals surface area contributed by atoms with E-state index in [1.165, 1.54) is 24.3 Å². The third kappa shape index (κ3) is 2.63. The van der Waals surface area contributed by atoms with Gasteiger partial charge < -0.3 is 5.32 Å². The lowest BCUT2D eigenvalue weighted by Gasteiger charge is -2.24. The molecule has 3 rings (SSSR count). The summed E-state index contributed by atoms with van der Waals surface area (Å²) in [5.74, 6) is 0.352. The predicted octanol–water partition coefficient (Wildman–Crippen LogP) is 3.57. The quantitative estimate of drug-likeness (QED) is 0.849. The zero-order valence-electron chi connectivity index (χ0n) is 13.1. The fourth-order valence-corrected chi connectivity index (χ4v) is 3.30. The van der Waals surface area contributed by atoms with Gasteiger partial charge in [-0.25, -0.2) is 9.80 Å². The van der Waals surface area contributed by atoms with E-state index in [0.29, 0.717) is 11.5 Å². The lowest BCUT2D eigenvalue weighted by Crippen LogP contribution is -2.26. The van der Waals surface area contributed by atoms with E-state index < -0.39 is 0 Å². The summed E-state index contributed by atoms with van der Waals surface area (Å²) >= 11 is 0. The van der Waals surface area contributed by atoms with Crippen LogP contribution in [0.15, 0.2) is 17.2 Å². The SMILES string of the molecule is Cc1cc2c(cc1C=O)C(C1CCCCC1)=NN(C)C(=O)N2. The van der Waals surface area contributed by atoms with Crippen molar-refractivity contribution in [1.29, 1.82) is 0 Å². The van der Waals surface area contributed by atoms with E-state index in [2.05, 4.69) is 10.4 Å². The minimum absolute atomic E-state index is 0.245. The van der Waals surface area contributed by atoms with E-state index in [4.69, 9.17) is 0 Å². The number of nitrogens with one attached hydrogen (secondary N) is 1. The molecular formula is C17H21N3O2. The summed E-state index contributed by atoms with van der Waals surface area (Å²) in [6, 6.07) is 3.49. The number of rotatable bonds is 2. The lowest BCUT2D eigenvalue weighted by molar-refractivity contribution is 0.112. The number of carbonyl (C=O) groups excluding carboxylic acids is 2. The largest absolute Gasteiger partial charge is 0.342 e. The van der Waals surface area contributed by atoms with Crippen molar-refractivity contribution < 1.29 is 9.59 Å². The Morgan fingerprint density at radius 3 is 2.68 bits per heavy atom. The van der Waals surface area contributed by atoms with Crippen LogP contribution in [0.3, 0.4) is 0 Å². The van der Waals surface area contributed by atoms with Gasteiger partial charge in [-0.05, 0) is 37.5 Å². The smallest absolute Gasteiger partial charge is 0.306 e. The van der Waals surface area contributed by atoms with Gasteiger partial charge >= 0.3 is 6.03 Å². The number of aldehydes is 1. The molecule has 5 nitrogen and oxygen atoms in total. The van der Waals surface area contributed by atoms with Crippen LogP contribution in [0.2, 0.25) is 0 Å². The Bertz CT molecular complexity index is 646. The Hall–Kier alpha value is -2.17. The maximum Gasteiger partial charge on any atom is 0.342 e. The van der Waals surface area contributed by atoms with Gasteiger partial charge in [-0.1, -0.05) is 19.3 Å². The number of hydrogen-bond acceptors (Lipinski definition) is 3. The molecule has 1 N–H and O–H groups in total. The summed E-state index contributed by atoms with van der Waals surface area (Å²) < 4.78 is 0. The summed E-state index contributed by atoms with van der Waals surface area (Å²) in [5, 5.41) is 8.80. The van der Waals surface area contributed by atoms with Crippen LogP contribution in [0.5, 0.6) is 0 Å². The van der Waals surface area contributed by atoms with Gasteiger partial charge in [-0.3, -0.25) is 4.79 Å². The normalized spacial score (nSPS) is 19.1. The molecular weight excluding hydrogens is 278 g/mol. The summed E-state index contributed by atoms with van der Waals surface area (Å²) in [6.07, 6.45) is 6.68. The molecule has 22 heavy (non-hydrogen) atoms. The highest BCUT2D eigenvalue weighted by molar-refractivity contribution is 6.11. The van der Waals surface area contributed by atoms with Gasteiger partial charge in [0.1, 0.15) is 6.29 Å². The van der Waals surface area contributed by atoms with E-state index in [9.17, 15) is 9.59 Å². The molecule has 0 radical (unpaired) electrons. The molecule has 1 aromatic carbocycles. The molecule has 5 heteroatoms. The highest BCUT2D eigenvalue weighted by Crippen LogP contribution is 2.33. The minimum atomic E-state index is -0.245. The first-order valence-electron chi connectivity index (χ1n) is 7.83. The molecule has 0 unspecified atom stereocenters. The highest BCUT2D eigenvalue weighted by atomic mass is 16.2. The van der Waals surface area contributed by atoms with Crippen molar-refractivity contribution in [2.24, 2.45) is 11.0 Å². The fraction of sp³-hybridized carbons (Fsp3) is 0.471. The molecule has 0 aromatic heterocycles. The molecule has 1 fully saturated rings. The van der Waals surface area contributed by atoms with Crippen LogP contribution in [0.25, 0.3) is 0 Å². The Balaban J connectivity index is 2.12. The van der Waals surface area contributed by atoms with Crippen LogP contribution in [0, 0.1) is 12.8 Å². The third-order valence-electron chi connectivity index (χ3n) is 4.59. The Morgan fingerprint density at radius 2 is 2.00 bits per heavy atom. The Morgan fingerprint density at radius 1 is 1.27 bits per heavy atom. The van der Waals surface area contributed by atoms with Crippen molar-refractivity contribution >= 4 is 23.7 Å². The van der Waals surface area contributed by atoms with Crippen molar-refractivity contribution in [1.82, 2.24) is 5.01 Å². The molecule has 0 bridgehead atoms. The van der Waals surface area contributed by atoms with Crippen molar-refractivity contribution in [2.45, 2.75) is 39.0 Å². The number of hydrogen-bond donors (Lipinski definition) is 1. The van der Waals surface area contributed by atoms with Crippen LogP contribution in [-0.4, -0.2) is 30.1 Å². The number of hydrazone groups is 1. The highest BCUT2D eigenvalue weighted by Gasteiger charge is 2.28. The second-order valence-corrected chi connectivity index (χ2v) is 6.15. The second kappa shape index (κ2) is 5.91. The van der Waals surface area contributed by atoms with E-state index in [1.54, 1.807) is 7.05 Å². The number of anilines is 1. The summed E-state index contributed by atoms with van der Waals surface area (Å²) in [4.78, 5) is 23.4. The van der Waals surface area contributed by atoms with Crippen LogP contribution in [-0.2, 0) is 0 Å². The summed E-state index contributed by atoms with van der Waals surface area (Å²) in [6.45, 7) is 1.88. The first-order chi connectivity index (χ1) is 10.6. The van der Waals surface area contributed by atoms with Crippen molar-refractivity contribution in [3.63, 3.8) is 0 Å². The van der Waals surface area contributed by atoms with Crippen LogP contribution < -0.4 is 5.32 Å². The van der Waals surface area contributed by atoms with Crippen LogP contribution in [0.1, 0.15) is 53.6 Å². The zero-order valence-corrected chi connectivity index (χ0v) is 13.1. The molecule has 1 aromatic rings. The molecule has 2 aliphatic rings. The van der Waals surface area contributed by atoms with Gasteiger partial charge in [0.25, 0.3) is 0 Å². The maximum absolute atomic E-state index is 12.1. The first-order valence-corrected chi connectivity index (χ1v) is 7.83. The lowest BCUT2D eigenvalue weighted by atomic mass is 9.82. The van der Waals surface area contributed by atoms with Crippen molar-refractivity contribution in [2.75, 3.05) is 12.4 Å². The molecule has 116 valence electrons. The molecule has 0 spiro atoms. The second-order valence-electron chi connectivity index (χ2n) is 6.15. The summed E-state index contributed by atoms with van der Waals surface area (Å²) in [5.41, 5.74) is 4.08. The minimum Gasteiger partial charge on any atom is -0.306 e. The number of carbonyl (C=O) groups is 2. The zero-order chi connectivity index (χ0) is 15.7. The Labute approximate surface area is 130 Å². The van der Waals surface area contributed by atoms with E-state index in [1.807, 2.05) is 19.1 Å².